The first kappa shape index (κ1) is 19.3. The molecular weight excluding hydrogens is 332 g/mol. The van der Waals surface area contributed by atoms with E-state index in [1.54, 1.807) is 43.4 Å². The molecule has 6 nitrogen and oxygen atoms in total. The van der Waals surface area contributed by atoms with Crippen molar-refractivity contribution in [3.8, 4) is 11.5 Å². The van der Waals surface area contributed by atoms with Crippen molar-refractivity contribution < 1.29 is 19.1 Å². The second kappa shape index (κ2) is 8.89. The van der Waals surface area contributed by atoms with E-state index in [1.807, 2.05) is 19.9 Å². The number of carbonyl (C=O) groups excluding carboxylic acids is 2. The maximum atomic E-state index is 12.4. The predicted octanol–water partition coefficient (Wildman–Crippen LogP) is 2.77. The summed E-state index contributed by atoms with van der Waals surface area (Å²) in [6.07, 6.45) is 0.0103. The lowest BCUT2D eigenvalue weighted by atomic mass is 10.1. The Bertz CT molecular complexity index is 787. The van der Waals surface area contributed by atoms with Gasteiger partial charge in [-0.1, -0.05) is 12.1 Å². The molecule has 2 N–H and O–H groups in total. The minimum Gasteiger partial charge on any atom is -0.493 e. The molecule has 26 heavy (non-hydrogen) atoms. The van der Waals surface area contributed by atoms with Crippen LogP contribution in [0.1, 0.15) is 40.1 Å². The highest BCUT2D eigenvalue weighted by Gasteiger charge is 2.12. The van der Waals surface area contributed by atoms with E-state index in [0.717, 1.165) is 5.56 Å². The molecule has 0 saturated carbocycles. The third kappa shape index (κ3) is 4.99. The Labute approximate surface area is 153 Å². The topological polar surface area (TPSA) is 76.7 Å². The van der Waals surface area contributed by atoms with Crippen molar-refractivity contribution in [1.29, 1.82) is 0 Å². The van der Waals surface area contributed by atoms with Gasteiger partial charge in [-0.2, -0.15) is 0 Å². The molecule has 0 radical (unpaired) electrons. The zero-order valence-electron chi connectivity index (χ0n) is 15.5. The first-order valence-electron chi connectivity index (χ1n) is 8.38. The molecule has 0 spiro atoms. The van der Waals surface area contributed by atoms with E-state index in [2.05, 4.69) is 10.6 Å². The summed E-state index contributed by atoms with van der Waals surface area (Å²) in [5.41, 5.74) is 1.86. The molecule has 0 bridgehead atoms. The van der Waals surface area contributed by atoms with Gasteiger partial charge < -0.3 is 20.1 Å². The maximum Gasteiger partial charge on any atom is 0.251 e. The fourth-order valence-electron chi connectivity index (χ4n) is 2.41. The van der Waals surface area contributed by atoms with Crippen LogP contribution >= 0.6 is 0 Å². The second-order valence-corrected chi connectivity index (χ2v) is 5.99. The Balaban J connectivity index is 2.07. The largest absolute Gasteiger partial charge is 0.493 e. The van der Waals surface area contributed by atoms with Gasteiger partial charge >= 0.3 is 0 Å². The summed E-state index contributed by atoms with van der Waals surface area (Å²) in [5, 5.41) is 5.42. The molecule has 0 aliphatic carbocycles. The Morgan fingerprint density at radius 1 is 1.00 bits per heavy atom. The van der Waals surface area contributed by atoms with Crippen molar-refractivity contribution >= 4 is 11.8 Å². The summed E-state index contributed by atoms with van der Waals surface area (Å²) in [5.74, 6) is 0.707. The van der Waals surface area contributed by atoms with Gasteiger partial charge in [-0.05, 0) is 49.7 Å². The predicted molar refractivity (Wildman–Crippen MR) is 99.8 cm³/mol. The summed E-state index contributed by atoms with van der Waals surface area (Å²) in [6.45, 7) is 4.16. The SMILES string of the molecule is CNC(=O)c1cccc(CNC(=O)c2ccc(OC(C)C)c(OC)c2)c1. The number of amides is 2. The first-order valence-corrected chi connectivity index (χ1v) is 8.38. The van der Waals surface area contributed by atoms with Crippen LogP contribution in [0.25, 0.3) is 0 Å². The zero-order chi connectivity index (χ0) is 19.1. The number of ether oxygens (including phenoxy) is 2. The molecule has 0 heterocycles. The number of nitrogens with one attached hydrogen (secondary N) is 2. The molecule has 2 aromatic rings. The van der Waals surface area contributed by atoms with Gasteiger partial charge in [0.2, 0.25) is 0 Å². The van der Waals surface area contributed by atoms with E-state index in [0.29, 0.717) is 29.2 Å². The van der Waals surface area contributed by atoms with E-state index in [-0.39, 0.29) is 17.9 Å². The van der Waals surface area contributed by atoms with Crippen LogP contribution < -0.4 is 20.1 Å². The molecule has 0 fully saturated rings. The standard InChI is InChI=1S/C20H24N2O4/c1-13(2)26-17-9-8-16(11-18(17)25-4)20(24)22-12-14-6-5-7-15(10-14)19(23)21-3/h5-11,13H,12H2,1-4H3,(H,21,23)(H,22,24). The van der Waals surface area contributed by atoms with Crippen molar-refractivity contribution in [2.24, 2.45) is 0 Å². The minimum atomic E-state index is -0.232. The fraction of sp³-hybridized carbons (Fsp3) is 0.300. The molecule has 6 heteroatoms. The van der Waals surface area contributed by atoms with Crippen molar-refractivity contribution in [3.63, 3.8) is 0 Å². The molecule has 0 aliphatic rings. The van der Waals surface area contributed by atoms with E-state index >= 15 is 0 Å². The van der Waals surface area contributed by atoms with Crippen molar-refractivity contribution in [2.45, 2.75) is 26.5 Å². The molecule has 0 atom stereocenters. The van der Waals surface area contributed by atoms with E-state index in [1.165, 1.54) is 7.11 Å². The van der Waals surface area contributed by atoms with Crippen molar-refractivity contribution in [2.75, 3.05) is 14.2 Å². The van der Waals surface area contributed by atoms with Crippen LogP contribution in [0.15, 0.2) is 42.5 Å². The van der Waals surface area contributed by atoms with Gasteiger partial charge in [0.15, 0.2) is 11.5 Å². The van der Waals surface area contributed by atoms with E-state index in [9.17, 15) is 9.59 Å². The fourth-order valence-corrected chi connectivity index (χ4v) is 2.41. The number of benzene rings is 2. The van der Waals surface area contributed by atoms with Gasteiger partial charge in [-0.25, -0.2) is 0 Å². The van der Waals surface area contributed by atoms with Crippen LogP contribution in [-0.4, -0.2) is 32.1 Å². The Kier molecular flexibility index (Phi) is 6.60. The number of hydrogen-bond donors (Lipinski definition) is 2. The Morgan fingerprint density at radius 2 is 1.73 bits per heavy atom. The quantitative estimate of drug-likeness (QED) is 0.800. The zero-order valence-corrected chi connectivity index (χ0v) is 15.5. The summed E-state index contributed by atoms with van der Waals surface area (Å²) < 4.78 is 11.0. The summed E-state index contributed by atoms with van der Waals surface area (Å²) in [6, 6.07) is 12.2. The molecule has 0 unspecified atom stereocenters. The van der Waals surface area contributed by atoms with Crippen LogP contribution in [0.3, 0.4) is 0 Å². The third-order valence-corrected chi connectivity index (χ3v) is 3.66. The van der Waals surface area contributed by atoms with Crippen molar-refractivity contribution in [1.82, 2.24) is 10.6 Å². The van der Waals surface area contributed by atoms with Crippen LogP contribution in [-0.2, 0) is 6.54 Å². The summed E-state index contributed by atoms with van der Waals surface area (Å²) >= 11 is 0. The van der Waals surface area contributed by atoms with Gasteiger partial charge in [0.05, 0.1) is 13.2 Å². The van der Waals surface area contributed by atoms with Crippen LogP contribution in [0.4, 0.5) is 0 Å². The third-order valence-electron chi connectivity index (χ3n) is 3.66. The Morgan fingerprint density at radius 3 is 2.38 bits per heavy atom. The Hall–Kier alpha value is -3.02. The normalized spacial score (nSPS) is 10.3. The smallest absolute Gasteiger partial charge is 0.251 e. The monoisotopic (exact) mass is 356 g/mol. The van der Waals surface area contributed by atoms with E-state index in [4.69, 9.17) is 9.47 Å². The minimum absolute atomic E-state index is 0.0103. The number of rotatable bonds is 7. The lowest BCUT2D eigenvalue weighted by molar-refractivity contribution is 0.0948. The molecule has 0 aliphatic heterocycles. The van der Waals surface area contributed by atoms with Gasteiger partial charge in [0.25, 0.3) is 11.8 Å². The molecule has 138 valence electrons. The second-order valence-electron chi connectivity index (χ2n) is 5.99. The molecule has 2 rings (SSSR count). The molecule has 0 saturated heterocycles. The maximum absolute atomic E-state index is 12.4. The summed E-state index contributed by atoms with van der Waals surface area (Å²) in [7, 11) is 3.12. The summed E-state index contributed by atoms with van der Waals surface area (Å²) in [4.78, 5) is 24.1. The average molecular weight is 356 g/mol. The van der Waals surface area contributed by atoms with Crippen LogP contribution in [0.2, 0.25) is 0 Å². The lowest BCUT2D eigenvalue weighted by Crippen LogP contribution is -2.23. The number of methoxy groups -OCH3 is 1. The molecule has 2 amide bonds. The molecule has 0 aromatic heterocycles. The average Bonchev–Trinajstić information content (AvgIpc) is 2.65. The number of carbonyl (C=O) groups is 2. The highest BCUT2D eigenvalue weighted by Crippen LogP contribution is 2.29. The van der Waals surface area contributed by atoms with Gasteiger partial charge in [-0.15, -0.1) is 0 Å². The number of hydrogen-bond acceptors (Lipinski definition) is 4. The van der Waals surface area contributed by atoms with Gasteiger partial charge in [-0.3, -0.25) is 9.59 Å². The van der Waals surface area contributed by atoms with Crippen molar-refractivity contribution in [3.05, 3.63) is 59.2 Å². The lowest BCUT2D eigenvalue weighted by Gasteiger charge is -2.14. The molecular formula is C20H24N2O4. The first-order chi connectivity index (χ1) is 12.4. The van der Waals surface area contributed by atoms with E-state index < -0.39 is 0 Å². The van der Waals surface area contributed by atoms with Crippen LogP contribution in [0.5, 0.6) is 11.5 Å². The molecule has 2 aromatic carbocycles. The van der Waals surface area contributed by atoms with Gasteiger partial charge in [0, 0.05) is 24.7 Å². The highest BCUT2D eigenvalue weighted by atomic mass is 16.5. The van der Waals surface area contributed by atoms with Gasteiger partial charge in [0.1, 0.15) is 0 Å². The van der Waals surface area contributed by atoms with Crippen LogP contribution in [0, 0.1) is 0 Å². The highest BCUT2D eigenvalue weighted by molar-refractivity contribution is 5.95.